The van der Waals surface area contributed by atoms with Gasteiger partial charge in [0.1, 0.15) is 0 Å². The summed E-state index contributed by atoms with van der Waals surface area (Å²) >= 11 is 0. The van der Waals surface area contributed by atoms with E-state index in [4.69, 9.17) is 4.74 Å². The number of rotatable bonds is 6. The number of ketones is 1. The summed E-state index contributed by atoms with van der Waals surface area (Å²) in [6.45, 7) is 4.08. The average molecular weight is 208 g/mol. The molecule has 0 saturated heterocycles. The summed E-state index contributed by atoms with van der Waals surface area (Å²) in [6, 6.07) is 0. The van der Waals surface area contributed by atoms with E-state index in [2.05, 4.69) is 6.92 Å². The van der Waals surface area contributed by atoms with Gasteiger partial charge in [-0.1, -0.05) is 31.9 Å². The molecule has 0 aromatic heterocycles. The largest absolute Gasteiger partial charge is 0.362 e. The minimum absolute atomic E-state index is 0.181. The van der Waals surface area contributed by atoms with Gasteiger partial charge in [-0.2, -0.15) is 0 Å². The van der Waals surface area contributed by atoms with Crippen LogP contribution in [0.2, 0.25) is 0 Å². The summed E-state index contributed by atoms with van der Waals surface area (Å²) in [4.78, 5) is 12.1. The van der Waals surface area contributed by atoms with Crippen molar-refractivity contribution in [1.29, 1.82) is 0 Å². The molecular weight excluding hydrogens is 188 g/mol. The van der Waals surface area contributed by atoms with Gasteiger partial charge in [0.05, 0.1) is 0 Å². The van der Waals surface area contributed by atoms with E-state index in [1.807, 2.05) is 25.2 Å². The van der Waals surface area contributed by atoms with E-state index in [0.717, 1.165) is 24.8 Å². The minimum atomic E-state index is -0.756. The molecule has 1 unspecified atom stereocenters. The molecular formula is C13H20O2. The Balaban J connectivity index is 2.63. The molecule has 2 heteroatoms. The number of Topliss-reactive ketones (excluding diaryl/α,β-unsaturated/α-hetero) is 1. The Kier molecular flexibility index (Phi) is 4.28. The Morgan fingerprint density at radius 1 is 1.47 bits per heavy atom. The number of ether oxygens (including phenoxy) is 1. The zero-order valence-corrected chi connectivity index (χ0v) is 9.88. The summed E-state index contributed by atoms with van der Waals surface area (Å²) in [5.41, 5.74) is 0.236. The molecule has 84 valence electrons. The van der Waals surface area contributed by atoms with E-state index in [0.29, 0.717) is 6.42 Å². The van der Waals surface area contributed by atoms with E-state index < -0.39 is 5.60 Å². The van der Waals surface area contributed by atoms with Crippen LogP contribution in [0.3, 0.4) is 0 Å². The molecule has 0 spiro atoms. The highest BCUT2D eigenvalue weighted by molar-refractivity contribution is 5.93. The van der Waals surface area contributed by atoms with Crippen molar-refractivity contribution in [3.8, 4) is 0 Å². The third-order valence-electron chi connectivity index (χ3n) is 3.01. The minimum Gasteiger partial charge on any atom is -0.362 e. The standard InChI is InChI=1S/C13H20O2/c1-4-5-6-9-12(14)13(15-3)10-7-8-11(13)2/h7-8,10H,4-6,9H2,1-3H3. The number of hydrogen-bond acceptors (Lipinski definition) is 2. The van der Waals surface area contributed by atoms with E-state index in [1.54, 1.807) is 7.11 Å². The molecule has 0 N–H and O–H groups in total. The van der Waals surface area contributed by atoms with Crippen LogP contribution in [0.5, 0.6) is 0 Å². The normalized spacial score (nSPS) is 24.3. The lowest BCUT2D eigenvalue weighted by molar-refractivity contribution is -0.132. The van der Waals surface area contributed by atoms with Crippen molar-refractivity contribution in [3.63, 3.8) is 0 Å². The molecule has 1 rings (SSSR count). The summed E-state index contributed by atoms with van der Waals surface area (Å²) in [6.07, 6.45) is 9.52. The lowest BCUT2D eigenvalue weighted by atomic mass is 9.90. The van der Waals surface area contributed by atoms with E-state index in [-0.39, 0.29) is 5.78 Å². The zero-order valence-electron chi connectivity index (χ0n) is 9.88. The summed E-state index contributed by atoms with van der Waals surface area (Å²) in [5.74, 6) is 0.181. The van der Waals surface area contributed by atoms with Crippen LogP contribution in [0.4, 0.5) is 0 Å². The molecule has 0 saturated carbocycles. The van der Waals surface area contributed by atoms with Gasteiger partial charge in [-0.15, -0.1) is 0 Å². The Labute approximate surface area is 92.0 Å². The van der Waals surface area contributed by atoms with Crippen LogP contribution >= 0.6 is 0 Å². The predicted molar refractivity (Wildman–Crippen MR) is 61.8 cm³/mol. The van der Waals surface area contributed by atoms with E-state index in [9.17, 15) is 4.79 Å². The number of methoxy groups -OCH3 is 1. The molecule has 1 atom stereocenters. The highest BCUT2D eigenvalue weighted by atomic mass is 16.5. The first kappa shape index (κ1) is 12.2. The van der Waals surface area contributed by atoms with Crippen molar-refractivity contribution in [2.24, 2.45) is 0 Å². The summed E-state index contributed by atoms with van der Waals surface area (Å²) in [5, 5.41) is 0. The molecule has 0 bridgehead atoms. The van der Waals surface area contributed by atoms with Crippen LogP contribution in [0.25, 0.3) is 0 Å². The number of hydrogen-bond donors (Lipinski definition) is 0. The molecule has 15 heavy (non-hydrogen) atoms. The molecule has 0 aromatic carbocycles. The maximum atomic E-state index is 12.1. The number of carbonyl (C=O) groups excluding carboxylic acids is 1. The number of allylic oxidation sites excluding steroid dienone is 2. The maximum Gasteiger partial charge on any atom is 0.172 e. The molecule has 1 aliphatic rings. The fourth-order valence-electron chi connectivity index (χ4n) is 1.96. The first-order valence-electron chi connectivity index (χ1n) is 5.62. The van der Waals surface area contributed by atoms with Crippen molar-refractivity contribution in [2.75, 3.05) is 7.11 Å². The van der Waals surface area contributed by atoms with Crippen LogP contribution < -0.4 is 0 Å². The lowest BCUT2D eigenvalue weighted by Crippen LogP contribution is -2.38. The molecule has 0 aliphatic heterocycles. The average Bonchev–Trinajstić information content (AvgIpc) is 2.61. The molecule has 0 aromatic rings. The van der Waals surface area contributed by atoms with Crippen molar-refractivity contribution >= 4 is 5.78 Å². The smallest absolute Gasteiger partial charge is 0.172 e. The third kappa shape index (κ3) is 2.37. The maximum absolute atomic E-state index is 12.1. The molecule has 2 nitrogen and oxygen atoms in total. The number of unbranched alkanes of at least 4 members (excludes halogenated alkanes) is 2. The Morgan fingerprint density at radius 2 is 2.20 bits per heavy atom. The number of carbonyl (C=O) groups is 1. The first-order chi connectivity index (χ1) is 7.17. The van der Waals surface area contributed by atoms with Gasteiger partial charge in [-0.05, 0) is 25.0 Å². The highest BCUT2D eigenvalue weighted by Crippen LogP contribution is 2.30. The molecule has 0 amide bonds. The molecule has 0 radical (unpaired) electrons. The van der Waals surface area contributed by atoms with Gasteiger partial charge in [0.25, 0.3) is 0 Å². The van der Waals surface area contributed by atoms with Crippen molar-refractivity contribution in [3.05, 3.63) is 23.8 Å². The fourth-order valence-corrected chi connectivity index (χ4v) is 1.96. The second kappa shape index (κ2) is 5.26. The van der Waals surface area contributed by atoms with Gasteiger partial charge >= 0.3 is 0 Å². The second-order valence-corrected chi connectivity index (χ2v) is 4.03. The van der Waals surface area contributed by atoms with Crippen molar-refractivity contribution < 1.29 is 9.53 Å². The lowest BCUT2D eigenvalue weighted by Gasteiger charge is -2.26. The first-order valence-corrected chi connectivity index (χ1v) is 5.62. The zero-order chi connectivity index (χ0) is 11.3. The SMILES string of the molecule is CCCCCC(=O)C1(OC)C=CC=C1C. The van der Waals surface area contributed by atoms with Gasteiger partial charge < -0.3 is 4.74 Å². The van der Waals surface area contributed by atoms with Gasteiger partial charge in [0.15, 0.2) is 11.4 Å². The Morgan fingerprint density at radius 3 is 2.67 bits per heavy atom. The molecule has 0 fully saturated rings. The van der Waals surface area contributed by atoms with Crippen LogP contribution in [-0.4, -0.2) is 18.5 Å². The van der Waals surface area contributed by atoms with Crippen LogP contribution in [0.15, 0.2) is 23.8 Å². The van der Waals surface area contributed by atoms with Gasteiger partial charge in [0, 0.05) is 13.5 Å². The van der Waals surface area contributed by atoms with E-state index in [1.165, 1.54) is 0 Å². The summed E-state index contributed by atoms with van der Waals surface area (Å²) < 4.78 is 5.40. The molecule has 0 heterocycles. The van der Waals surface area contributed by atoms with Gasteiger partial charge in [-0.3, -0.25) is 4.79 Å². The topological polar surface area (TPSA) is 26.3 Å². The summed E-state index contributed by atoms with van der Waals surface area (Å²) in [7, 11) is 1.60. The Hall–Kier alpha value is -0.890. The van der Waals surface area contributed by atoms with Crippen LogP contribution in [-0.2, 0) is 9.53 Å². The monoisotopic (exact) mass is 208 g/mol. The van der Waals surface area contributed by atoms with Gasteiger partial charge in [0.2, 0.25) is 0 Å². The highest BCUT2D eigenvalue weighted by Gasteiger charge is 2.38. The third-order valence-corrected chi connectivity index (χ3v) is 3.01. The second-order valence-electron chi connectivity index (χ2n) is 4.03. The van der Waals surface area contributed by atoms with Crippen LogP contribution in [0.1, 0.15) is 39.5 Å². The Bertz CT molecular complexity index is 289. The van der Waals surface area contributed by atoms with E-state index >= 15 is 0 Å². The quantitative estimate of drug-likeness (QED) is 0.627. The van der Waals surface area contributed by atoms with Crippen molar-refractivity contribution in [2.45, 2.75) is 45.1 Å². The fraction of sp³-hybridized carbons (Fsp3) is 0.615. The predicted octanol–water partition coefficient (Wildman–Crippen LogP) is 3.04. The van der Waals surface area contributed by atoms with Gasteiger partial charge in [-0.25, -0.2) is 0 Å². The molecule has 1 aliphatic carbocycles. The van der Waals surface area contributed by atoms with Crippen molar-refractivity contribution in [1.82, 2.24) is 0 Å². The van der Waals surface area contributed by atoms with Crippen LogP contribution in [0, 0.1) is 0 Å².